The van der Waals surface area contributed by atoms with Crippen molar-refractivity contribution in [3.8, 4) is 0 Å². The van der Waals surface area contributed by atoms with Gasteiger partial charge < -0.3 is 5.11 Å². The van der Waals surface area contributed by atoms with E-state index in [2.05, 4.69) is 6.92 Å². The Bertz CT molecular complexity index is 398. The quantitative estimate of drug-likeness (QED) is 0.168. The van der Waals surface area contributed by atoms with Crippen LogP contribution in [0.2, 0.25) is 0 Å². The maximum absolute atomic E-state index is 12.9. The topological polar surface area (TPSA) is 37.3 Å². The van der Waals surface area contributed by atoms with Crippen LogP contribution in [-0.2, 0) is 4.79 Å². The second-order valence-corrected chi connectivity index (χ2v) is 7.81. The van der Waals surface area contributed by atoms with Crippen LogP contribution in [0.3, 0.4) is 0 Å². The third kappa shape index (κ3) is 16.9. The Balaban J connectivity index is 0. The lowest BCUT2D eigenvalue weighted by Crippen LogP contribution is -2.36. The van der Waals surface area contributed by atoms with Gasteiger partial charge >= 0.3 is 18.1 Å². The Labute approximate surface area is 180 Å². The van der Waals surface area contributed by atoms with Crippen LogP contribution < -0.4 is 0 Å². The van der Waals surface area contributed by atoms with Crippen LogP contribution in [0.1, 0.15) is 124 Å². The minimum absolute atomic E-state index is 0.140. The molecule has 0 amide bonds. The molecule has 0 heterocycles. The van der Waals surface area contributed by atoms with Gasteiger partial charge in [0.1, 0.15) is 0 Å². The van der Waals surface area contributed by atoms with Crippen LogP contribution in [-0.4, -0.2) is 23.2 Å². The molecule has 0 rings (SSSR count). The molecule has 0 fully saturated rings. The van der Waals surface area contributed by atoms with E-state index >= 15 is 0 Å². The summed E-state index contributed by atoms with van der Waals surface area (Å²) < 4.78 is 62.1. The highest BCUT2D eigenvalue weighted by molar-refractivity contribution is 5.69. The van der Waals surface area contributed by atoms with Gasteiger partial charge in [0.2, 0.25) is 0 Å². The lowest BCUT2D eigenvalue weighted by Gasteiger charge is -2.20. The predicted molar refractivity (Wildman–Crippen MR) is 113 cm³/mol. The van der Waals surface area contributed by atoms with Crippen LogP contribution in [0, 0.1) is 5.92 Å². The largest absolute Gasteiger partial charge is 0.481 e. The molecule has 7 heteroatoms. The fourth-order valence-corrected chi connectivity index (χ4v) is 3.34. The molecule has 0 aliphatic carbocycles. The fourth-order valence-electron chi connectivity index (χ4n) is 3.34. The van der Waals surface area contributed by atoms with Crippen LogP contribution >= 0.6 is 0 Å². The zero-order valence-corrected chi connectivity index (χ0v) is 19.1. The van der Waals surface area contributed by atoms with Crippen molar-refractivity contribution in [2.75, 3.05) is 0 Å². The molecule has 1 atom stereocenters. The van der Waals surface area contributed by atoms with Gasteiger partial charge in [-0.15, -0.1) is 0 Å². The molecule has 0 aromatic carbocycles. The van der Waals surface area contributed by atoms with E-state index < -0.39 is 36.8 Å². The van der Waals surface area contributed by atoms with Crippen LogP contribution in [0.25, 0.3) is 0 Å². The highest BCUT2D eigenvalue weighted by Crippen LogP contribution is 2.39. The first-order chi connectivity index (χ1) is 14.1. The molecule has 0 bridgehead atoms. The average molecular weight is 447 g/mol. The van der Waals surface area contributed by atoms with Crippen molar-refractivity contribution in [1.29, 1.82) is 0 Å². The third-order valence-corrected chi connectivity index (χ3v) is 5.21. The van der Waals surface area contributed by atoms with Gasteiger partial charge in [-0.05, 0) is 19.3 Å². The Hall–Kier alpha value is -0.880. The number of rotatable bonds is 18. The standard InChI is InChI=1S/C21H37F5O2.C2H6/c1-2-3-4-5-6-7-8-9-10-11-12-13-15-18(19(27)28)16-14-17-20(22,23)21(24,25)26;1-2/h18H,2-17H2,1H3,(H,27,28);1-2H3. The van der Waals surface area contributed by atoms with Crippen molar-refractivity contribution in [2.24, 2.45) is 5.92 Å². The molecule has 0 spiro atoms. The molecule has 0 aromatic heterocycles. The van der Waals surface area contributed by atoms with E-state index in [1.54, 1.807) is 0 Å². The molecular weight excluding hydrogens is 403 g/mol. The SMILES string of the molecule is CC.CCCCCCCCCCCCCCC(CCCC(F)(F)C(F)(F)F)C(=O)O. The zero-order chi connectivity index (χ0) is 23.5. The average Bonchev–Trinajstić information content (AvgIpc) is 2.67. The van der Waals surface area contributed by atoms with E-state index in [0.717, 1.165) is 19.3 Å². The zero-order valence-electron chi connectivity index (χ0n) is 19.1. The number of alkyl halides is 5. The van der Waals surface area contributed by atoms with Gasteiger partial charge in [0, 0.05) is 6.42 Å². The maximum atomic E-state index is 12.9. The summed E-state index contributed by atoms with van der Waals surface area (Å²) in [7, 11) is 0. The monoisotopic (exact) mass is 446 g/mol. The minimum Gasteiger partial charge on any atom is -0.481 e. The van der Waals surface area contributed by atoms with Gasteiger partial charge in [0.05, 0.1) is 5.92 Å². The number of carboxylic acid groups (broad SMARTS) is 1. The highest BCUT2D eigenvalue weighted by atomic mass is 19.4. The van der Waals surface area contributed by atoms with Crippen molar-refractivity contribution in [1.82, 2.24) is 0 Å². The fraction of sp³-hybridized carbons (Fsp3) is 0.957. The maximum Gasteiger partial charge on any atom is 0.453 e. The Morgan fingerprint density at radius 3 is 1.43 bits per heavy atom. The number of carbonyl (C=O) groups is 1. The van der Waals surface area contributed by atoms with Crippen LogP contribution in [0.5, 0.6) is 0 Å². The van der Waals surface area contributed by atoms with Crippen molar-refractivity contribution in [3.63, 3.8) is 0 Å². The predicted octanol–water partition coefficient (Wildman–Crippen LogP) is 9.17. The second kappa shape index (κ2) is 18.9. The lowest BCUT2D eigenvalue weighted by atomic mass is 9.94. The first-order valence-corrected chi connectivity index (χ1v) is 11.8. The molecule has 30 heavy (non-hydrogen) atoms. The van der Waals surface area contributed by atoms with Crippen molar-refractivity contribution in [2.45, 2.75) is 136 Å². The summed E-state index contributed by atoms with van der Waals surface area (Å²) >= 11 is 0. The number of aliphatic carboxylic acids is 1. The number of halogens is 5. The smallest absolute Gasteiger partial charge is 0.453 e. The molecular formula is C23H43F5O2. The first kappa shape index (κ1) is 31.3. The van der Waals surface area contributed by atoms with Crippen LogP contribution in [0.4, 0.5) is 22.0 Å². The minimum atomic E-state index is -5.57. The summed E-state index contributed by atoms with van der Waals surface area (Å²) in [6.07, 6.45) is 6.60. The van der Waals surface area contributed by atoms with Crippen molar-refractivity contribution < 1.29 is 31.9 Å². The molecule has 0 aliphatic rings. The van der Waals surface area contributed by atoms with Crippen LogP contribution in [0.15, 0.2) is 0 Å². The molecule has 182 valence electrons. The van der Waals surface area contributed by atoms with E-state index in [-0.39, 0.29) is 6.42 Å². The Morgan fingerprint density at radius 1 is 0.700 bits per heavy atom. The molecule has 0 saturated heterocycles. The molecule has 2 nitrogen and oxygen atoms in total. The van der Waals surface area contributed by atoms with Gasteiger partial charge in [-0.2, -0.15) is 22.0 Å². The molecule has 1 unspecified atom stereocenters. The molecule has 1 N–H and O–H groups in total. The summed E-state index contributed by atoms with van der Waals surface area (Å²) in [6, 6.07) is 0. The van der Waals surface area contributed by atoms with E-state index in [0.29, 0.717) is 12.8 Å². The van der Waals surface area contributed by atoms with E-state index in [1.807, 2.05) is 13.8 Å². The lowest BCUT2D eigenvalue weighted by molar-refractivity contribution is -0.284. The Morgan fingerprint density at radius 2 is 1.07 bits per heavy atom. The van der Waals surface area contributed by atoms with Crippen molar-refractivity contribution >= 4 is 5.97 Å². The van der Waals surface area contributed by atoms with E-state index in [4.69, 9.17) is 5.11 Å². The third-order valence-electron chi connectivity index (χ3n) is 5.21. The van der Waals surface area contributed by atoms with E-state index in [9.17, 15) is 26.7 Å². The van der Waals surface area contributed by atoms with Crippen molar-refractivity contribution in [3.05, 3.63) is 0 Å². The molecule has 0 aliphatic heterocycles. The van der Waals surface area contributed by atoms with E-state index in [1.165, 1.54) is 51.4 Å². The molecule has 0 radical (unpaired) electrons. The summed E-state index contributed by atoms with van der Waals surface area (Å²) in [6.45, 7) is 6.20. The number of hydrogen-bond donors (Lipinski definition) is 1. The summed E-state index contributed by atoms with van der Waals surface area (Å²) in [5.41, 5.74) is 0. The number of carboxylic acids is 1. The van der Waals surface area contributed by atoms with Gasteiger partial charge in [0.25, 0.3) is 0 Å². The van der Waals surface area contributed by atoms with Gasteiger partial charge in [-0.1, -0.05) is 97.8 Å². The Kier molecular flexibility index (Phi) is 19.7. The normalized spacial score (nSPS) is 12.9. The molecule has 0 saturated carbocycles. The number of hydrogen-bond acceptors (Lipinski definition) is 1. The number of unbranched alkanes of at least 4 members (excludes halogenated alkanes) is 11. The highest BCUT2D eigenvalue weighted by Gasteiger charge is 2.56. The summed E-state index contributed by atoms with van der Waals surface area (Å²) in [5, 5.41) is 9.13. The first-order valence-electron chi connectivity index (χ1n) is 11.8. The molecule has 0 aromatic rings. The summed E-state index contributed by atoms with van der Waals surface area (Å²) in [4.78, 5) is 11.2. The van der Waals surface area contributed by atoms with Gasteiger partial charge in [0.15, 0.2) is 0 Å². The second-order valence-electron chi connectivity index (χ2n) is 7.81. The van der Waals surface area contributed by atoms with Gasteiger partial charge in [-0.25, -0.2) is 0 Å². The van der Waals surface area contributed by atoms with Gasteiger partial charge in [-0.3, -0.25) is 4.79 Å². The summed E-state index contributed by atoms with van der Waals surface area (Å²) in [5.74, 6) is -6.70.